The molecule has 8 heteroatoms. The summed E-state index contributed by atoms with van der Waals surface area (Å²) in [6.45, 7) is 1.77. The van der Waals surface area contributed by atoms with E-state index < -0.39 is 32.0 Å². The molecule has 0 bridgehead atoms. The summed E-state index contributed by atoms with van der Waals surface area (Å²) in [5.41, 5.74) is 1.16. The molecule has 1 heterocycles. The van der Waals surface area contributed by atoms with Crippen molar-refractivity contribution in [1.82, 2.24) is 4.31 Å². The molecule has 0 unspecified atom stereocenters. The van der Waals surface area contributed by atoms with E-state index in [0.29, 0.717) is 5.92 Å². The Bertz CT molecular complexity index is 827. The van der Waals surface area contributed by atoms with Gasteiger partial charge in [-0.25, -0.2) is 16.8 Å². The number of sulfonamides is 1. The van der Waals surface area contributed by atoms with Gasteiger partial charge < -0.3 is 5.11 Å². The van der Waals surface area contributed by atoms with Crippen LogP contribution in [0.4, 0.5) is 0 Å². The molecule has 0 aromatic heterocycles. The number of benzene rings is 1. The van der Waals surface area contributed by atoms with E-state index in [4.69, 9.17) is 0 Å². The van der Waals surface area contributed by atoms with E-state index in [-0.39, 0.29) is 22.9 Å². The molecule has 1 saturated heterocycles. The van der Waals surface area contributed by atoms with Gasteiger partial charge in [0.2, 0.25) is 10.0 Å². The van der Waals surface area contributed by atoms with Gasteiger partial charge in [-0.05, 0) is 36.5 Å². The number of nitrogens with zero attached hydrogens (tertiary/aromatic N) is 1. The van der Waals surface area contributed by atoms with Crippen LogP contribution >= 0.6 is 0 Å². The van der Waals surface area contributed by atoms with E-state index in [0.717, 1.165) is 22.7 Å². The van der Waals surface area contributed by atoms with Crippen LogP contribution in [0.3, 0.4) is 0 Å². The first kappa shape index (κ1) is 19.8. The van der Waals surface area contributed by atoms with E-state index in [2.05, 4.69) is 0 Å². The van der Waals surface area contributed by atoms with Crippen molar-refractivity contribution >= 4 is 19.9 Å². The summed E-state index contributed by atoms with van der Waals surface area (Å²) >= 11 is 0. The molecule has 1 aromatic carbocycles. The molecule has 3 rings (SSSR count). The lowest BCUT2D eigenvalue weighted by Gasteiger charge is -2.28. The van der Waals surface area contributed by atoms with Gasteiger partial charge in [-0.1, -0.05) is 38.3 Å². The zero-order valence-electron chi connectivity index (χ0n) is 15.0. The van der Waals surface area contributed by atoms with Crippen molar-refractivity contribution in [2.75, 3.05) is 18.1 Å². The minimum absolute atomic E-state index is 0.115. The molecule has 1 aliphatic carbocycles. The van der Waals surface area contributed by atoms with Crippen molar-refractivity contribution in [3.8, 4) is 0 Å². The minimum Gasteiger partial charge on any atom is -0.390 e. The molecular formula is C18H27NO5S2. The predicted molar refractivity (Wildman–Crippen MR) is 100 cm³/mol. The molecule has 2 atom stereocenters. The van der Waals surface area contributed by atoms with E-state index >= 15 is 0 Å². The summed E-state index contributed by atoms with van der Waals surface area (Å²) in [6, 6.07) is 6.04. The highest BCUT2D eigenvalue weighted by atomic mass is 32.2. The Morgan fingerprint density at radius 2 is 1.69 bits per heavy atom. The second kappa shape index (κ2) is 7.58. The Morgan fingerprint density at radius 1 is 1.08 bits per heavy atom. The van der Waals surface area contributed by atoms with Crippen LogP contribution in [0.1, 0.15) is 50.5 Å². The van der Waals surface area contributed by atoms with Gasteiger partial charge in [0, 0.05) is 6.54 Å². The molecule has 0 spiro atoms. The number of sulfone groups is 1. The minimum atomic E-state index is -3.86. The van der Waals surface area contributed by atoms with Crippen molar-refractivity contribution in [3.05, 3.63) is 29.8 Å². The lowest BCUT2D eigenvalue weighted by atomic mass is 9.84. The van der Waals surface area contributed by atoms with Gasteiger partial charge in [-0.2, -0.15) is 4.31 Å². The zero-order chi connectivity index (χ0) is 18.9. The average molecular weight is 402 g/mol. The Kier molecular flexibility index (Phi) is 5.77. The molecule has 1 saturated carbocycles. The second-order valence-electron chi connectivity index (χ2n) is 7.32. The summed E-state index contributed by atoms with van der Waals surface area (Å²) in [4.78, 5) is 0.149. The van der Waals surface area contributed by atoms with Gasteiger partial charge in [0.25, 0.3) is 0 Å². The Labute approximate surface area is 156 Å². The van der Waals surface area contributed by atoms with E-state index in [1.807, 2.05) is 12.1 Å². The number of likely N-dealkylation sites (N-methyl/N-ethyl adjacent to an activating group) is 1. The molecule has 1 aliphatic heterocycles. The number of hydrogen-bond acceptors (Lipinski definition) is 5. The first-order chi connectivity index (χ1) is 12.2. The highest BCUT2D eigenvalue weighted by Crippen LogP contribution is 2.33. The van der Waals surface area contributed by atoms with Crippen LogP contribution in [0.25, 0.3) is 0 Å². The molecule has 26 heavy (non-hydrogen) atoms. The largest absolute Gasteiger partial charge is 0.390 e. The van der Waals surface area contributed by atoms with Crippen molar-refractivity contribution in [3.63, 3.8) is 0 Å². The van der Waals surface area contributed by atoms with Crippen LogP contribution in [0, 0.1) is 0 Å². The molecule has 1 N–H and O–H groups in total. The Balaban J connectivity index is 1.84. The standard InChI is InChI=1S/C18H27NO5S2/c1-2-19(17-12-25(21,22)13-18(17)20)26(23,24)16-10-8-15(9-11-16)14-6-4-3-5-7-14/h8-11,14,17-18,20H,2-7,12-13H2,1H3/t17-,18-/m1/s1. The van der Waals surface area contributed by atoms with Gasteiger partial charge in [0.1, 0.15) is 0 Å². The molecule has 1 aromatic rings. The summed E-state index contributed by atoms with van der Waals surface area (Å²) < 4.78 is 50.7. The topological polar surface area (TPSA) is 91.8 Å². The van der Waals surface area contributed by atoms with Crippen LogP contribution < -0.4 is 0 Å². The van der Waals surface area contributed by atoms with E-state index in [1.54, 1.807) is 19.1 Å². The van der Waals surface area contributed by atoms with Crippen LogP contribution in [0.5, 0.6) is 0 Å². The quantitative estimate of drug-likeness (QED) is 0.814. The van der Waals surface area contributed by atoms with Crippen molar-refractivity contribution in [2.24, 2.45) is 0 Å². The molecule has 2 aliphatic rings. The fourth-order valence-corrected chi connectivity index (χ4v) is 7.71. The first-order valence-corrected chi connectivity index (χ1v) is 12.5. The molecule has 6 nitrogen and oxygen atoms in total. The molecule has 2 fully saturated rings. The Morgan fingerprint density at radius 3 is 2.19 bits per heavy atom. The lowest BCUT2D eigenvalue weighted by Crippen LogP contribution is -2.46. The molecular weight excluding hydrogens is 374 g/mol. The van der Waals surface area contributed by atoms with E-state index in [9.17, 15) is 21.9 Å². The van der Waals surface area contributed by atoms with Crippen molar-refractivity contribution in [2.45, 2.75) is 62.0 Å². The van der Waals surface area contributed by atoms with Crippen molar-refractivity contribution in [1.29, 1.82) is 0 Å². The van der Waals surface area contributed by atoms with Crippen LogP contribution in [-0.2, 0) is 19.9 Å². The third kappa shape index (κ3) is 3.98. The number of aliphatic hydroxyl groups excluding tert-OH is 1. The maximum absolute atomic E-state index is 13.0. The third-order valence-corrected chi connectivity index (χ3v) is 9.25. The van der Waals surface area contributed by atoms with Crippen LogP contribution in [0.15, 0.2) is 29.2 Å². The SMILES string of the molecule is CCN([C@@H]1CS(=O)(=O)C[C@H]1O)S(=O)(=O)c1ccc(C2CCCCC2)cc1. The lowest BCUT2D eigenvalue weighted by molar-refractivity contribution is 0.130. The summed E-state index contributed by atoms with van der Waals surface area (Å²) in [5.74, 6) is -0.226. The number of hydrogen-bond donors (Lipinski definition) is 1. The first-order valence-electron chi connectivity index (χ1n) is 9.25. The van der Waals surface area contributed by atoms with Gasteiger partial charge in [0.15, 0.2) is 9.84 Å². The predicted octanol–water partition coefficient (Wildman–Crippen LogP) is 1.90. The average Bonchev–Trinajstić information content (AvgIpc) is 2.88. The Hall–Kier alpha value is -0.960. The van der Waals surface area contributed by atoms with Crippen LogP contribution in [-0.4, -0.2) is 56.4 Å². The molecule has 0 radical (unpaired) electrons. The normalized spacial score (nSPS) is 27.0. The highest BCUT2D eigenvalue weighted by molar-refractivity contribution is 7.92. The molecule has 146 valence electrons. The maximum atomic E-state index is 13.0. The number of aliphatic hydroxyl groups is 1. The van der Waals surface area contributed by atoms with Gasteiger partial charge in [0.05, 0.1) is 28.5 Å². The molecule has 0 amide bonds. The number of rotatable bonds is 5. The third-order valence-electron chi connectivity index (χ3n) is 5.54. The van der Waals surface area contributed by atoms with E-state index in [1.165, 1.54) is 19.3 Å². The summed E-state index contributed by atoms with van der Waals surface area (Å²) in [6.07, 6.45) is 4.78. The highest BCUT2D eigenvalue weighted by Gasteiger charge is 2.44. The fourth-order valence-electron chi connectivity index (χ4n) is 4.15. The smallest absolute Gasteiger partial charge is 0.243 e. The van der Waals surface area contributed by atoms with Gasteiger partial charge in [-0.3, -0.25) is 0 Å². The summed E-state index contributed by atoms with van der Waals surface area (Å²) in [7, 11) is -7.28. The monoisotopic (exact) mass is 401 g/mol. The second-order valence-corrected chi connectivity index (χ2v) is 11.4. The van der Waals surface area contributed by atoms with Crippen LogP contribution in [0.2, 0.25) is 0 Å². The van der Waals surface area contributed by atoms with Gasteiger partial charge in [-0.15, -0.1) is 0 Å². The van der Waals surface area contributed by atoms with Gasteiger partial charge >= 0.3 is 0 Å². The maximum Gasteiger partial charge on any atom is 0.243 e. The summed E-state index contributed by atoms with van der Waals surface area (Å²) in [5, 5.41) is 10.1. The zero-order valence-corrected chi connectivity index (χ0v) is 16.7. The fraction of sp³-hybridized carbons (Fsp3) is 0.667. The van der Waals surface area contributed by atoms with Crippen molar-refractivity contribution < 1.29 is 21.9 Å².